The van der Waals surface area contributed by atoms with E-state index in [4.69, 9.17) is 0 Å². The topological polar surface area (TPSA) is 34.9 Å². The standard InChI is InChI=1S/C10H16N2OS/c1-8(2)9-6-11-12(7-9)14(3,13)10-4-5-10/h6-8,10H,3-5H2,1-2H3. The molecule has 1 unspecified atom stereocenters. The maximum atomic E-state index is 12.2. The number of nitrogens with zero attached hydrogens (tertiary/aromatic N) is 2. The first-order valence-corrected chi connectivity index (χ1v) is 6.67. The quantitative estimate of drug-likeness (QED) is 0.714. The van der Waals surface area contributed by atoms with Gasteiger partial charge in [-0.25, -0.2) is 4.21 Å². The molecular weight excluding hydrogens is 196 g/mol. The molecule has 78 valence electrons. The van der Waals surface area contributed by atoms with E-state index in [1.807, 2.05) is 6.20 Å². The highest BCUT2D eigenvalue weighted by Crippen LogP contribution is 2.30. The molecule has 1 aliphatic carbocycles. The van der Waals surface area contributed by atoms with Crippen LogP contribution >= 0.6 is 0 Å². The first kappa shape index (κ1) is 9.77. The normalized spacial score (nSPS) is 21.1. The van der Waals surface area contributed by atoms with Gasteiger partial charge in [-0.1, -0.05) is 13.8 Å². The van der Waals surface area contributed by atoms with Crippen molar-refractivity contribution in [3.8, 4) is 0 Å². The first-order chi connectivity index (χ1) is 6.51. The molecule has 1 heterocycles. The van der Waals surface area contributed by atoms with Crippen LogP contribution in [0.2, 0.25) is 0 Å². The van der Waals surface area contributed by atoms with Crippen molar-refractivity contribution >= 4 is 15.6 Å². The summed E-state index contributed by atoms with van der Waals surface area (Å²) in [6.07, 6.45) is 5.72. The van der Waals surface area contributed by atoms with Crippen molar-refractivity contribution in [2.45, 2.75) is 37.9 Å². The molecule has 0 aliphatic heterocycles. The highest BCUT2D eigenvalue weighted by atomic mass is 32.2. The highest BCUT2D eigenvalue weighted by molar-refractivity contribution is 7.99. The highest BCUT2D eigenvalue weighted by Gasteiger charge is 2.32. The van der Waals surface area contributed by atoms with E-state index in [-0.39, 0.29) is 5.25 Å². The van der Waals surface area contributed by atoms with Crippen molar-refractivity contribution in [3.63, 3.8) is 0 Å². The van der Waals surface area contributed by atoms with Crippen molar-refractivity contribution in [1.29, 1.82) is 0 Å². The third-order valence-electron chi connectivity index (χ3n) is 2.61. The lowest BCUT2D eigenvalue weighted by Crippen LogP contribution is -2.17. The summed E-state index contributed by atoms with van der Waals surface area (Å²) in [5.74, 6) is 4.23. The second kappa shape index (κ2) is 3.12. The Morgan fingerprint density at radius 3 is 2.71 bits per heavy atom. The third kappa shape index (κ3) is 1.59. The molecular formula is C10H16N2OS. The SMILES string of the molecule is C=S(=O)(C1CC1)n1cc(C(C)C)cn1. The van der Waals surface area contributed by atoms with E-state index in [9.17, 15) is 4.21 Å². The molecule has 0 bridgehead atoms. The van der Waals surface area contributed by atoms with Crippen LogP contribution in [0, 0.1) is 0 Å². The molecule has 0 N–H and O–H groups in total. The Morgan fingerprint density at radius 1 is 1.64 bits per heavy atom. The van der Waals surface area contributed by atoms with Crippen LogP contribution < -0.4 is 0 Å². The van der Waals surface area contributed by atoms with E-state index >= 15 is 0 Å². The van der Waals surface area contributed by atoms with E-state index < -0.39 is 9.71 Å². The minimum absolute atomic E-state index is 0.252. The molecule has 0 aromatic carbocycles. The maximum absolute atomic E-state index is 12.2. The van der Waals surface area contributed by atoms with Crippen molar-refractivity contribution in [2.24, 2.45) is 0 Å². The van der Waals surface area contributed by atoms with Crippen LogP contribution in [0.25, 0.3) is 0 Å². The molecule has 0 spiro atoms. The minimum atomic E-state index is -2.17. The van der Waals surface area contributed by atoms with E-state index in [0.29, 0.717) is 5.92 Å². The van der Waals surface area contributed by atoms with Gasteiger partial charge < -0.3 is 0 Å². The molecule has 0 amide bonds. The van der Waals surface area contributed by atoms with E-state index in [1.165, 1.54) is 0 Å². The van der Waals surface area contributed by atoms with Gasteiger partial charge in [-0.05, 0) is 30.2 Å². The molecule has 1 saturated carbocycles. The van der Waals surface area contributed by atoms with Gasteiger partial charge in [-0.2, -0.15) is 9.19 Å². The fourth-order valence-electron chi connectivity index (χ4n) is 1.37. The maximum Gasteiger partial charge on any atom is 0.0694 e. The van der Waals surface area contributed by atoms with Crippen LogP contribution in [0.3, 0.4) is 0 Å². The zero-order chi connectivity index (χ0) is 10.3. The second-order valence-corrected chi connectivity index (χ2v) is 6.64. The van der Waals surface area contributed by atoms with Crippen molar-refractivity contribution in [2.75, 3.05) is 0 Å². The number of hydrogen-bond acceptors (Lipinski definition) is 2. The zero-order valence-corrected chi connectivity index (χ0v) is 9.46. The first-order valence-electron chi connectivity index (χ1n) is 4.93. The largest absolute Gasteiger partial charge is 0.245 e. The lowest BCUT2D eigenvalue weighted by molar-refractivity contribution is 0.667. The van der Waals surface area contributed by atoms with Crippen LogP contribution in [0.1, 0.15) is 38.2 Å². The van der Waals surface area contributed by atoms with Crippen molar-refractivity contribution in [3.05, 3.63) is 18.0 Å². The third-order valence-corrected chi connectivity index (χ3v) is 4.95. The average molecular weight is 212 g/mol. The summed E-state index contributed by atoms with van der Waals surface area (Å²) in [6, 6.07) is 0. The van der Waals surface area contributed by atoms with Crippen LogP contribution in [0.4, 0.5) is 0 Å². The Hall–Kier alpha value is -0.770. The number of hydrogen-bond donors (Lipinski definition) is 0. The zero-order valence-electron chi connectivity index (χ0n) is 8.64. The lowest BCUT2D eigenvalue weighted by atomic mass is 10.1. The summed E-state index contributed by atoms with van der Waals surface area (Å²) in [4.78, 5) is 0. The predicted octanol–water partition coefficient (Wildman–Crippen LogP) is 1.65. The van der Waals surface area contributed by atoms with Crippen LogP contribution in [-0.4, -0.2) is 24.5 Å². The van der Waals surface area contributed by atoms with Gasteiger partial charge in [0.25, 0.3) is 0 Å². The minimum Gasteiger partial charge on any atom is -0.245 e. The number of rotatable bonds is 3. The van der Waals surface area contributed by atoms with Crippen molar-refractivity contribution in [1.82, 2.24) is 9.19 Å². The predicted molar refractivity (Wildman–Crippen MR) is 60.0 cm³/mol. The average Bonchev–Trinajstić information content (AvgIpc) is 2.82. The second-order valence-electron chi connectivity index (χ2n) is 4.22. The molecule has 1 aliphatic rings. The van der Waals surface area contributed by atoms with Gasteiger partial charge in [-0.3, -0.25) is 0 Å². The monoisotopic (exact) mass is 212 g/mol. The van der Waals surface area contributed by atoms with Crippen LogP contribution in [0.5, 0.6) is 0 Å². The smallest absolute Gasteiger partial charge is 0.0694 e. The van der Waals surface area contributed by atoms with Crippen LogP contribution in [-0.2, 0) is 9.71 Å². The molecule has 14 heavy (non-hydrogen) atoms. The summed E-state index contributed by atoms with van der Waals surface area (Å²) in [6.45, 7) is 4.20. The van der Waals surface area contributed by atoms with E-state index in [1.54, 1.807) is 10.3 Å². The lowest BCUT2D eigenvalue weighted by Gasteiger charge is -2.06. The summed E-state index contributed by atoms with van der Waals surface area (Å²) >= 11 is 0. The van der Waals surface area contributed by atoms with Gasteiger partial charge >= 0.3 is 0 Å². The number of aromatic nitrogens is 2. The van der Waals surface area contributed by atoms with Gasteiger partial charge in [0.2, 0.25) is 0 Å². The molecule has 1 aromatic rings. The van der Waals surface area contributed by atoms with Gasteiger partial charge in [0.05, 0.1) is 15.9 Å². The molecule has 2 rings (SSSR count). The summed E-state index contributed by atoms with van der Waals surface area (Å²) in [5, 5.41) is 4.40. The van der Waals surface area contributed by atoms with Gasteiger partial charge in [0, 0.05) is 11.4 Å². The van der Waals surface area contributed by atoms with Gasteiger partial charge in [0.15, 0.2) is 0 Å². The molecule has 4 heteroatoms. The Labute approximate surface area is 85.3 Å². The Balaban J connectivity index is 2.33. The van der Waals surface area contributed by atoms with Gasteiger partial charge in [0.1, 0.15) is 0 Å². The summed E-state index contributed by atoms with van der Waals surface area (Å²) in [7, 11) is -2.17. The Bertz CT molecular complexity index is 427. The fraction of sp³-hybridized carbons (Fsp3) is 0.600. The molecule has 1 fully saturated rings. The van der Waals surface area contributed by atoms with Crippen molar-refractivity contribution < 1.29 is 4.21 Å². The van der Waals surface area contributed by atoms with Crippen LogP contribution in [0.15, 0.2) is 12.4 Å². The fourth-order valence-corrected chi connectivity index (χ4v) is 3.06. The Morgan fingerprint density at radius 2 is 2.29 bits per heavy atom. The molecule has 1 aromatic heterocycles. The van der Waals surface area contributed by atoms with E-state index in [0.717, 1.165) is 18.4 Å². The molecule has 0 radical (unpaired) electrons. The van der Waals surface area contributed by atoms with E-state index in [2.05, 4.69) is 24.8 Å². The summed E-state index contributed by atoms with van der Waals surface area (Å²) in [5.41, 5.74) is 1.13. The summed E-state index contributed by atoms with van der Waals surface area (Å²) < 4.78 is 13.7. The van der Waals surface area contributed by atoms with Gasteiger partial charge in [-0.15, -0.1) is 0 Å². The Kier molecular flexibility index (Phi) is 2.18. The molecule has 1 atom stereocenters. The molecule has 3 nitrogen and oxygen atoms in total. The molecule has 0 saturated heterocycles.